The lowest BCUT2D eigenvalue weighted by Crippen LogP contribution is -1.97. The monoisotopic (exact) mass is 203 g/mol. The summed E-state index contributed by atoms with van der Waals surface area (Å²) < 4.78 is 4.95. The van der Waals surface area contributed by atoms with E-state index in [9.17, 15) is 4.79 Å². The first-order chi connectivity index (χ1) is 7.17. The molecule has 0 aliphatic rings. The van der Waals surface area contributed by atoms with E-state index in [4.69, 9.17) is 15.1 Å². The molecular weight excluding hydrogens is 194 g/mol. The molecule has 0 aromatic heterocycles. The van der Waals surface area contributed by atoms with Crippen LogP contribution in [-0.2, 0) is 0 Å². The Labute approximate surface area is 87.0 Å². The molecule has 0 aliphatic carbocycles. The first kappa shape index (κ1) is 10.8. The minimum Gasteiger partial charge on any atom is -0.497 e. The van der Waals surface area contributed by atoms with Crippen molar-refractivity contribution in [1.29, 1.82) is 5.26 Å². The van der Waals surface area contributed by atoms with Gasteiger partial charge in [-0.25, -0.2) is 4.79 Å². The lowest BCUT2D eigenvalue weighted by Gasteiger charge is -2.03. The molecule has 0 fully saturated rings. The van der Waals surface area contributed by atoms with Crippen molar-refractivity contribution in [3.05, 3.63) is 35.4 Å². The van der Waals surface area contributed by atoms with Crippen molar-refractivity contribution >= 4 is 12.0 Å². The van der Waals surface area contributed by atoms with Crippen molar-refractivity contribution in [2.45, 2.75) is 0 Å². The van der Waals surface area contributed by atoms with E-state index in [-0.39, 0.29) is 5.56 Å². The van der Waals surface area contributed by atoms with Crippen LogP contribution in [0, 0.1) is 11.3 Å². The molecule has 0 amide bonds. The van der Waals surface area contributed by atoms with Crippen LogP contribution in [0.2, 0.25) is 0 Å². The highest BCUT2D eigenvalue weighted by molar-refractivity contribution is 5.89. The number of hydrogen-bond donors (Lipinski definition) is 1. The van der Waals surface area contributed by atoms with Crippen LogP contribution in [0.1, 0.15) is 15.9 Å². The molecule has 0 radical (unpaired) electrons. The van der Waals surface area contributed by atoms with Gasteiger partial charge in [0.05, 0.1) is 18.7 Å². The Balaban J connectivity index is 3.18. The van der Waals surface area contributed by atoms with Crippen LogP contribution in [0.4, 0.5) is 0 Å². The van der Waals surface area contributed by atoms with Crippen LogP contribution < -0.4 is 4.74 Å². The molecule has 0 saturated carbocycles. The molecule has 15 heavy (non-hydrogen) atoms. The number of ether oxygens (including phenoxy) is 1. The van der Waals surface area contributed by atoms with Crippen LogP contribution >= 0.6 is 0 Å². The van der Waals surface area contributed by atoms with Gasteiger partial charge >= 0.3 is 5.97 Å². The Morgan fingerprint density at radius 2 is 2.27 bits per heavy atom. The van der Waals surface area contributed by atoms with Crippen molar-refractivity contribution in [2.24, 2.45) is 0 Å². The third-order valence-electron chi connectivity index (χ3n) is 1.76. The van der Waals surface area contributed by atoms with Gasteiger partial charge < -0.3 is 9.84 Å². The predicted molar refractivity (Wildman–Crippen MR) is 54.6 cm³/mol. The van der Waals surface area contributed by atoms with Crippen molar-refractivity contribution in [2.75, 3.05) is 7.11 Å². The van der Waals surface area contributed by atoms with E-state index in [1.165, 1.54) is 31.4 Å². The normalized spacial score (nSPS) is 9.87. The van der Waals surface area contributed by atoms with Gasteiger partial charge in [-0.05, 0) is 29.8 Å². The summed E-state index contributed by atoms with van der Waals surface area (Å²) in [5.41, 5.74) is 0.750. The number of rotatable bonds is 3. The molecule has 0 atom stereocenters. The minimum absolute atomic E-state index is 0.131. The molecule has 0 saturated heterocycles. The average molecular weight is 203 g/mol. The molecule has 0 bridgehead atoms. The summed E-state index contributed by atoms with van der Waals surface area (Å²) in [7, 11) is 1.46. The highest BCUT2D eigenvalue weighted by Gasteiger charge is 2.05. The number of hydrogen-bond acceptors (Lipinski definition) is 3. The van der Waals surface area contributed by atoms with E-state index in [0.717, 1.165) is 0 Å². The van der Waals surface area contributed by atoms with E-state index in [1.54, 1.807) is 6.07 Å². The molecule has 4 nitrogen and oxygen atoms in total. The van der Waals surface area contributed by atoms with Crippen LogP contribution in [0.3, 0.4) is 0 Å². The molecule has 0 aliphatic heterocycles. The van der Waals surface area contributed by atoms with E-state index in [1.807, 2.05) is 6.07 Å². The van der Waals surface area contributed by atoms with Gasteiger partial charge in [0.2, 0.25) is 0 Å². The Kier molecular flexibility index (Phi) is 3.47. The summed E-state index contributed by atoms with van der Waals surface area (Å²) in [6, 6.07) is 6.38. The van der Waals surface area contributed by atoms with Crippen LogP contribution in [0.15, 0.2) is 24.3 Å². The molecule has 0 heterocycles. The first-order valence-corrected chi connectivity index (χ1v) is 4.16. The zero-order valence-corrected chi connectivity index (χ0v) is 8.10. The number of benzene rings is 1. The fourth-order valence-electron chi connectivity index (χ4n) is 1.09. The fourth-order valence-corrected chi connectivity index (χ4v) is 1.09. The van der Waals surface area contributed by atoms with E-state index in [2.05, 4.69) is 0 Å². The summed E-state index contributed by atoms with van der Waals surface area (Å²) >= 11 is 0. The van der Waals surface area contributed by atoms with Gasteiger partial charge in [0.15, 0.2) is 0 Å². The lowest BCUT2D eigenvalue weighted by molar-refractivity contribution is 0.0696. The minimum atomic E-state index is -1.03. The second-order valence-corrected chi connectivity index (χ2v) is 2.76. The summed E-state index contributed by atoms with van der Waals surface area (Å²) in [4.78, 5) is 10.8. The highest BCUT2D eigenvalue weighted by Crippen LogP contribution is 2.18. The SMILES string of the molecule is COc1cc(C=CC#N)cc(C(=O)O)c1. The second-order valence-electron chi connectivity index (χ2n) is 2.76. The summed E-state index contributed by atoms with van der Waals surface area (Å²) in [6.07, 6.45) is 2.80. The molecule has 0 spiro atoms. The summed E-state index contributed by atoms with van der Waals surface area (Å²) in [5, 5.41) is 17.2. The number of carboxylic acids is 1. The Morgan fingerprint density at radius 3 is 2.80 bits per heavy atom. The van der Waals surface area contributed by atoms with Crippen molar-refractivity contribution in [1.82, 2.24) is 0 Å². The van der Waals surface area contributed by atoms with Gasteiger partial charge in [-0.3, -0.25) is 0 Å². The van der Waals surface area contributed by atoms with Gasteiger partial charge in [-0.15, -0.1) is 0 Å². The van der Waals surface area contributed by atoms with Crippen LogP contribution in [-0.4, -0.2) is 18.2 Å². The van der Waals surface area contributed by atoms with Gasteiger partial charge in [0.25, 0.3) is 0 Å². The second kappa shape index (κ2) is 4.82. The van der Waals surface area contributed by atoms with Crippen LogP contribution in [0.25, 0.3) is 6.08 Å². The number of aromatic carboxylic acids is 1. The zero-order chi connectivity index (χ0) is 11.3. The van der Waals surface area contributed by atoms with E-state index < -0.39 is 5.97 Å². The third-order valence-corrected chi connectivity index (χ3v) is 1.76. The maximum atomic E-state index is 10.8. The molecule has 1 N–H and O–H groups in total. The Bertz CT molecular complexity index is 444. The first-order valence-electron chi connectivity index (χ1n) is 4.16. The zero-order valence-electron chi connectivity index (χ0n) is 8.10. The van der Waals surface area contributed by atoms with Crippen LogP contribution in [0.5, 0.6) is 5.75 Å². The number of nitrogens with zero attached hydrogens (tertiary/aromatic N) is 1. The van der Waals surface area contributed by atoms with Gasteiger partial charge in [-0.1, -0.05) is 0 Å². The molecule has 4 heteroatoms. The third kappa shape index (κ3) is 2.85. The quantitative estimate of drug-likeness (QED) is 0.762. The van der Waals surface area contributed by atoms with Gasteiger partial charge in [-0.2, -0.15) is 5.26 Å². The number of nitriles is 1. The molecule has 0 unspecified atom stereocenters. The Hall–Kier alpha value is -2.28. The molecule has 1 aromatic rings. The Morgan fingerprint density at radius 1 is 1.53 bits per heavy atom. The van der Waals surface area contributed by atoms with E-state index in [0.29, 0.717) is 11.3 Å². The molecule has 1 rings (SSSR count). The average Bonchev–Trinajstić information content (AvgIpc) is 2.25. The number of methoxy groups -OCH3 is 1. The van der Waals surface area contributed by atoms with Crippen molar-refractivity contribution in [3.63, 3.8) is 0 Å². The predicted octanol–water partition coefficient (Wildman–Crippen LogP) is 1.93. The molecule has 1 aromatic carbocycles. The van der Waals surface area contributed by atoms with E-state index >= 15 is 0 Å². The lowest BCUT2D eigenvalue weighted by atomic mass is 10.1. The maximum Gasteiger partial charge on any atom is 0.335 e. The number of carboxylic acid groups (broad SMARTS) is 1. The largest absolute Gasteiger partial charge is 0.497 e. The smallest absolute Gasteiger partial charge is 0.335 e. The highest BCUT2D eigenvalue weighted by atomic mass is 16.5. The fraction of sp³-hybridized carbons (Fsp3) is 0.0909. The van der Waals surface area contributed by atoms with Crippen molar-refractivity contribution < 1.29 is 14.6 Å². The maximum absolute atomic E-state index is 10.8. The molecular formula is C11H9NO3. The van der Waals surface area contributed by atoms with Gasteiger partial charge in [0.1, 0.15) is 5.75 Å². The molecule has 76 valence electrons. The topological polar surface area (TPSA) is 70.3 Å². The summed E-state index contributed by atoms with van der Waals surface area (Å²) in [5.74, 6) is -0.576. The van der Waals surface area contributed by atoms with Gasteiger partial charge in [0, 0.05) is 6.08 Å². The number of allylic oxidation sites excluding steroid dienone is 1. The number of carbonyl (C=O) groups is 1. The van der Waals surface area contributed by atoms with Crippen molar-refractivity contribution in [3.8, 4) is 11.8 Å². The summed E-state index contributed by atoms with van der Waals surface area (Å²) in [6.45, 7) is 0. The standard InChI is InChI=1S/C11H9NO3/c1-15-10-6-8(3-2-4-12)5-9(7-10)11(13)14/h2-3,5-7H,1H3,(H,13,14).